The topological polar surface area (TPSA) is 95.5 Å². The molecule has 0 bridgehead atoms. The summed E-state index contributed by atoms with van der Waals surface area (Å²) in [6.45, 7) is 1.83. The number of rotatable bonds is 6. The second kappa shape index (κ2) is 7.64. The summed E-state index contributed by atoms with van der Waals surface area (Å²) < 4.78 is 10.9. The van der Waals surface area contributed by atoms with Crippen LogP contribution < -0.4 is 10.6 Å². The molecule has 20 heavy (non-hydrogen) atoms. The van der Waals surface area contributed by atoms with Gasteiger partial charge in [-0.2, -0.15) is 0 Å². The van der Waals surface area contributed by atoms with Crippen molar-refractivity contribution in [3.8, 4) is 0 Å². The fourth-order valence-corrected chi connectivity index (χ4v) is 2.19. The van der Waals surface area contributed by atoms with Crippen molar-refractivity contribution < 1.29 is 18.9 Å². The highest BCUT2D eigenvalue weighted by Crippen LogP contribution is 2.09. The van der Waals surface area contributed by atoms with Gasteiger partial charge in [0.05, 0.1) is 5.56 Å². The minimum atomic E-state index is -1.01. The third kappa shape index (κ3) is 5.83. The molecule has 2 amide bonds. The lowest BCUT2D eigenvalue weighted by atomic mass is 10.2. The smallest absolute Gasteiger partial charge is 0.335 e. The van der Waals surface area contributed by atoms with E-state index in [0.717, 1.165) is 0 Å². The fraction of sp³-hybridized carbons (Fsp3) is 0.385. The van der Waals surface area contributed by atoms with Crippen molar-refractivity contribution in [3.63, 3.8) is 0 Å². The molecule has 1 aromatic carbocycles. The number of carbonyl (C=O) groups excluding carboxylic acids is 1. The Labute approximate surface area is 120 Å². The number of urea groups is 1. The van der Waals surface area contributed by atoms with Crippen LogP contribution >= 0.6 is 0 Å². The molecule has 0 aliphatic heterocycles. The summed E-state index contributed by atoms with van der Waals surface area (Å²) in [5.41, 5.74) is 0.675. The molecule has 0 saturated heterocycles. The van der Waals surface area contributed by atoms with Crippen molar-refractivity contribution in [3.05, 3.63) is 29.8 Å². The van der Waals surface area contributed by atoms with Crippen LogP contribution in [0.25, 0.3) is 0 Å². The van der Waals surface area contributed by atoms with Gasteiger partial charge in [-0.1, -0.05) is 0 Å². The normalized spacial score (nSPS) is 13.3. The van der Waals surface area contributed by atoms with E-state index in [1.807, 2.05) is 6.92 Å². The number of nitrogens with one attached hydrogen (secondary N) is 2. The first kappa shape index (κ1) is 16.2. The van der Waals surface area contributed by atoms with Crippen LogP contribution in [0.2, 0.25) is 0 Å². The average molecular weight is 298 g/mol. The fourth-order valence-electron chi connectivity index (χ4n) is 1.50. The van der Waals surface area contributed by atoms with Gasteiger partial charge in [0.2, 0.25) is 0 Å². The van der Waals surface area contributed by atoms with Gasteiger partial charge < -0.3 is 15.7 Å². The number of anilines is 1. The third-order valence-electron chi connectivity index (χ3n) is 2.61. The number of benzene rings is 1. The average Bonchev–Trinajstić information content (AvgIpc) is 2.36. The lowest BCUT2D eigenvalue weighted by molar-refractivity contribution is 0.0697. The van der Waals surface area contributed by atoms with Crippen molar-refractivity contribution in [1.82, 2.24) is 5.32 Å². The van der Waals surface area contributed by atoms with E-state index in [4.69, 9.17) is 5.11 Å². The number of hydrogen-bond acceptors (Lipinski definition) is 3. The van der Waals surface area contributed by atoms with E-state index in [0.29, 0.717) is 17.9 Å². The van der Waals surface area contributed by atoms with Crippen LogP contribution in [0.3, 0.4) is 0 Å². The number of carboxylic acids is 1. The van der Waals surface area contributed by atoms with Crippen molar-refractivity contribution in [2.75, 3.05) is 17.3 Å². The molecule has 1 aromatic rings. The van der Waals surface area contributed by atoms with E-state index in [1.54, 1.807) is 6.26 Å². The molecule has 0 aromatic heterocycles. The highest BCUT2D eigenvalue weighted by Gasteiger charge is 2.08. The molecule has 6 nitrogen and oxygen atoms in total. The maximum atomic E-state index is 11.7. The third-order valence-corrected chi connectivity index (χ3v) is 3.42. The van der Waals surface area contributed by atoms with Gasteiger partial charge in [-0.3, -0.25) is 4.21 Å². The summed E-state index contributed by atoms with van der Waals surface area (Å²) in [4.78, 5) is 22.4. The van der Waals surface area contributed by atoms with E-state index in [1.165, 1.54) is 24.3 Å². The zero-order valence-corrected chi connectivity index (χ0v) is 12.2. The Bertz CT molecular complexity index is 502. The standard InChI is InChI=1S/C13H18N2O4S/c1-9(7-8-20(2)19)14-13(18)15-11-5-3-10(4-6-11)12(16)17/h3-6,9H,7-8H2,1-2H3,(H,16,17)(H2,14,15,18). The van der Waals surface area contributed by atoms with Crippen LogP contribution in [-0.4, -0.2) is 39.4 Å². The molecule has 7 heteroatoms. The Hall–Kier alpha value is -1.89. The molecule has 0 aliphatic carbocycles. The molecule has 0 aliphatic rings. The van der Waals surface area contributed by atoms with Crippen LogP contribution in [0.5, 0.6) is 0 Å². The van der Waals surface area contributed by atoms with E-state index in [-0.39, 0.29) is 17.6 Å². The Kier molecular flexibility index (Phi) is 6.17. The minimum absolute atomic E-state index is 0.0859. The van der Waals surface area contributed by atoms with Crippen LogP contribution in [0.15, 0.2) is 24.3 Å². The molecule has 0 radical (unpaired) electrons. The van der Waals surface area contributed by atoms with Crippen molar-refractivity contribution in [1.29, 1.82) is 0 Å². The molecule has 0 fully saturated rings. The van der Waals surface area contributed by atoms with E-state index >= 15 is 0 Å². The van der Waals surface area contributed by atoms with Crippen molar-refractivity contribution in [2.45, 2.75) is 19.4 Å². The van der Waals surface area contributed by atoms with Crippen LogP contribution in [0.1, 0.15) is 23.7 Å². The van der Waals surface area contributed by atoms with Crippen LogP contribution in [0, 0.1) is 0 Å². The van der Waals surface area contributed by atoms with E-state index < -0.39 is 16.8 Å². The van der Waals surface area contributed by atoms with Crippen LogP contribution in [-0.2, 0) is 10.8 Å². The molecule has 0 heterocycles. The highest BCUT2D eigenvalue weighted by molar-refractivity contribution is 7.84. The maximum Gasteiger partial charge on any atom is 0.335 e. The Morgan fingerprint density at radius 2 is 1.90 bits per heavy atom. The molecule has 110 valence electrons. The number of aromatic carboxylic acids is 1. The summed E-state index contributed by atoms with van der Waals surface area (Å²) >= 11 is 0. The number of carboxylic acid groups (broad SMARTS) is 1. The largest absolute Gasteiger partial charge is 0.478 e. The second-order valence-corrected chi connectivity index (χ2v) is 6.00. The zero-order valence-electron chi connectivity index (χ0n) is 11.4. The monoisotopic (exact) mass is 298 g/mol. The predicted molar refractivity (Wildman–Crippen MR) is 78.6 cm³/mol. The van der Waals surface area contributed by atoms with Gasteiger partial charge in [-0.05, 0) is 37.6 Å². The number of hydrogen-bond donors (Lipinski definition) is 3. The zero-order chi connectivity index (χ0) is 15.1. The van der Waals surface area contributed by atoms with Gasteiger partial charge in [0.15, 0.2) is 0 Å². The summed E-state index contributed by atoms with van der Waals surface area (Å²) in [7, 11) is -0.873. The van der Waals surface area contributed by atoms with Gasteiger partial charge in [0.1, 0.15) is 0 Å². The van der Waals surface area contributed by atoms with E-state index in [9.17, 15) is 13.8 Å². The summed E-state index contributed by atoms with van der Waals surface area (Å²) in [6.07, 6.45) is 2.26. The molecule has 2 atom stereocenters. The van der Waals surface area contributed by atoms with Gasteiger partial charge in [-0.25, -0.2) is 9.59 Å². The SMILES string of the molecule is CC(CCS(C)=O)NC(=O)Nc1ccc(C(=O)O)cc1. The Balaban J connectivity index is 2.45. The minimum Gasteiger partial charge on any atom is -0.478 e. The Morgan fingerprint density at radius 3 is 2.40 bits per heavy atom. The Morgan fingerprint density at radius 1 is 1.30 bits per heavy atom. The molecule has 0 spiro atoms. The van der Waals surface area contributed by atoms with Gasteiger partial charge >= 0.3 is 12.0 Å². The summed E-state index contributed by atoms with van der Waals surface area (Å²) in [5, 5.41) is 14.1. The first-order chi connectivity index (χ1) is 9.38. The summed E-state index contributed by atoms with van der Waals surface area (Å²) in [5.74, 6) is -0.475. The molecule has 3 N–H and O–H groups in total. The van der Waals surface area contributed by atoms with Gasteiger partial charge in [0.25, 0.3) is 0 Å². The lowest BCUT2D eigenvalue weighted by Crippen LogP contribution is -2.36. The molecular formula is C13H18N2O4S. The second-order valence-electron chi connectivity index (χ2n) is 4.45. The van der Waals surface area contributed by atoms with Crippen LogP contribution in [0.4, 0.5) is 10.5 Å². The van der Waals surface area contributed by atoms with Crippen molar-refractivity contribution >= 4 is 28.5 Å². The quantitative estimate of drug-likeness (QED) is 0.744. The predicted octanol–water partition coefficient (Wildman–Crippen LogP) is 1.66. The molecule has 0 saturated carbocycles. The van der Waals surface area contributed by atoms with Gasteiger partial charge in [-0.15, -0.1) is 0 Å². The first-order valence-electron chi connectivity index (χ1n) is 6.09. The molecule has 2 unspecified atom stereocenters. The molecule has 1 rings (SSSR count). The van der Waals surface area contributed by atoms with Crippen molar-refractivity contribution in [2.24, 2.45) is 0 Å². The van der Waals surface area contributed by atoms with E-state index in [2.05, 4.69) is 10.6 Å². The lowest BCUT2D eigenvalue weighted by Gasteiger charge is -2.14. The first-order valence-corrected chi connectivity index (χ1v) is 7.82. The number of amides is 2. The molecular weight excluding hydrogens is 280 g/mol. The highest BCUT2D eigenvalue weighted by atomic mass is 32.2. The maximum absolute atomic E-state index is 11.7. The summed E-state index contributed by atoms with van der Waals surface area (Å²) in [6, 6.07) is 5.42. The van der Waals surface area contributed by atoms with Gasteiger partial charge in [0, 0.05) is 34.5 Å². The number of carbonyl (C=O) groups is 2.